The quantitative estimate of drug-likeness (QED) is 0.533. The van der Waals surface area contributed by atoms with E-state index in [9.17, 15) is 9.59 Å². The SMILES string of the molecule is COc1ccc2c(COC(=O)c3sc(C)nc3C)cc(=O)oc2c1. The lowest BCUT2D eigenvalue weighted by molar-refractivity contribution is 0.0478. The molecule has 0 aliphatic rings. The molecular weight excluding hydrogens is 330 g/mol. The number of aryl methyl sites for hydroxylation is 2. The highest BCUT2D eigenvalue weighted by molar-refractivity contribution is 7.13. The van der Waals surface area contributed by atoms with Crippen LogP contribution in [-0.2, 0) is 11.3 Å². The third kappa shape index (κ3) is 3.16. The number of ether oxygens (including phenoxy) is 2. The number of rotatable bonds is 4. The minimum absolute atomic E-state index is 0.0242. The number of esters is 1. The normalized spacial score (nSPS) is 10.8. The third-order valence-electron chi connectivity index (χ3n) is 3.49. The Morgan fingerprint density at radius 2 is 2.08 bits per heavy atom. The monoisotopic (exact) mass is 345 g/mol. The predicted molar refractivity (Wildman–Crippen MR) is 89.7 cm³/mol. The number of benzene rings is 1. The third-order valence-corrected chi connectivity index (χ3v) is 4.54. The van der Waals surface area contributed by atoms with Crippen molar-refractivity contribution < 1.29 is 18.7 Å². The molecule has 0 unspecified atom stereocenters. The molecule has 2 aromatic heterocycles. The first-order valence-corrected chi connectivity index (χ1v) is 8.01. The minimum Gasteiger partial charge on any atom is -0.497 e. The Hall–Kier alpha value is -2.67. The molecule has 124 valence electrons. The van der Waals surface area contributed by atoms with Crippen molar-refractivity contribution in [1.29, 1.82) is 0 Å². The molecule has 24 heavy (non-hydrogen) atoms. The van der Waals surface area contributed by atoms with E-state index in [0.717, 1.165) is 5.01 Å². The van der Waals surface area contributed by atoms with E-state index in [4.69, 9.17) is 13.9 Å². The summed E-state index contributed by atoms with van der Waals surface area (Å²) >= 11 is 1.29. The Bertz CT molecular complexity index is 973. The summed E-state index contributed by atoms with van der Waals surface area (Å²) in [5.74, 6) is 0.128. The van der Waals surface area contributed by atoms with Gasteiger partial charge in [-0.25, -0.2) is 14.6 Å². The van der Waals surface area contributed by atoms with Crippen LogP contribution in [-0.4, -0.2) is 18.1 Å². The number of aromatic nitrogens is 1. The van der Waals surface area contributed by atoms with Gasteiger partial charge < -0.3 is 13.9 Å². The van der Waals surface area contributed by atoms with Crippen molar-refractivity contribution in [3.8, 4) is 5.75 Å². The van der Waals surface area contributed by atoms with Gasteiger partial charge in [0.15, 0.2) is 0 Å². The zero-order chi connectivity index (χ0) is 17.3. The second-order valence-corrected chi connectivity index (χ2v) is 6.38. The highest BCUT2D eigenvalue weighted by Gasteiger charge is 2.16. The van der Waals surface area contributed by atoms with Crippen LogP contribution in [0.1, 0.15) is 25.9 Å². The summed E-state index contributed by atoms with van der Waals surface area (Å²) in [7, 11) is 1.53. The Kier molecular flexibility index (Phi) is 4.35. The lowest BCUT2D eigenvalue weighted by Gasteiger charge is -2.07. The Balaban J connectivity index is 1.88. The van der Waals surface area contributed by atoms with Crippen molar-refractivity contribution in [2.45, 2.75) is 20.5 Å². The van der Waals surface area contributed by atoms with Crippen molar-refractivity contribution in [2.75, 3.05) is 7.11 Å². The number of methoxy groups -OCH3 is 1. The van der Waals surface area contributed by atoms with Crippen LogP contribution in [0.4, 0.5) is 0 Å². The van der Waals surface area contributed by atoms with Crippen LogP contribution in [0, 0.1) is 13.8 Å². The molecule has 0 amide bonds. The molecule has 0 atom stereocenters. The van der Waals surface area contributed by atoms with Crippen LogP contribution in [0.5, 0.6) is 5.75 Å². The molecule has 2 heterocycles. The summed E-state index contributed by atoms with van der Waals surface area (Å²) in [4.78, 5) is 28.6. The van der Waals surface area contributed by atoms with E-state index in [1.165, 1.54) is 24.5 Å². The van der Waals surface area contributed by atoms with Gasteiger partial charge in [0.25, 0.3) is 0 Å². The minimum atomic E-state index is -0.508. The van der Waals surface area contributed by atoms with Gasteiger partial charge in [-0.3, -0.25) is 0 Å². The maximum Gasteiger partial charge on any atom is 0.350 e. The summed E-state index contributed by atoms with van der Waals surface area (Å²) in [5.41, 5.74) is 1.10. The van der Waals surface area contributed by atoms with Crippen molar-refractivity contribution in [3.63, 3.8) is 0 Å². The fourth-order valence-electron chi connectivity index (χ4n) is 2.39. The predicted octanol–water partition coefficient (Wildman–Crippen LogP) is 3.23. The van der Waals surface area contributed by atoms with Crippen molar-refractivity contribution in [1.82, 2.24) is 4.98 Å². The van der Waals surface area contributed by atoms with Crippen LogP contribution in [0.15, 0.2) is 33.5 Å². The maximum atomic E-state index is 12.2. The zero-order valence-corrected chi connectivity index (χ0v) is 14.2. The first-order valence-electron chi connectivity index (χ1n) is 7.20. The number of carbonyl (C=O) groups is 1. The standard InChI is InChI=1S/C17H15NO5S/c1-9-16(24-10(2)18-9)17(20)22-8-11-6-15(19)23-14-7-12(21-3)4-5-13(11)14/h4-7H,8H2,1-3H3. The summed E-state index contributed by atoms with van der Waals surface area (Å²) in [6.45, 7) is 3.57. The van der Waals surface area contributed by atoms with Crippen molar-refractivity contribution in [2.24, 2.45) is 0 Å². The van der Waals surface area contributed by atoms with Crippen LogP contribution in [0.25, 0.3) is 11.0 Å². The van der Waals surface area contributed by atoms with Gasteiger partial charge in [-0.15, -0.1) is 11.3 Å². The molecule has 0 aliphatic carbocycles. The highest BCUT2D eigenvalue weighted by Crippen LogP contribution is 2.24. The summed E-state index contributed by atoms with van der Waals surface area (Å²) in [5, 5.41) is 1.50. The number of fused-ring (bicyclic) bond motifs is 1. The molecule has 0 spiro atoms. The average molecular weight is 345 g/mol. The second kappa shape index (κ2) is 6.45. The van der Waals surface area contributed by atoms with Gasteiger partial charge in [0, 0.05) is 23.1 Å². The van der Waals surface area contributed by atoms with Gasteiger partial charge in [-0.1, -0.05) is 0 Å². The maximum absolute atomic E-state index is 12.2. The Morgan fingerprint density at radius 1 is 1.29 bits per heavy atom. The van der Waals surface area contributed by atoms with E-state index >= 15 is 0 Å². The second-order valence-electron chi connectivity index (χ2n) is 5.18. The smallest absolute Gasteiger partial charge is 0.350 e. The van der Waals surface area contributed by atoms with Crippen molar-refractivity contribution >= 4 is 28.3 Å². The molecule has 0 bridgehead atoms. The lowest BCUT2D eigenvalue weighted by atomic mass is 10.1. The molecule has 6 nitrogen and oxygen atoms in total. The topological polar surface area (TPSA) is 78.6 Å². The summed E-state index contributed by atoms with van der Waals surface area (Å²) in [6, 6.07) is 6.47. The Morgan fingerprint density at radius 3 is 2.75 bits per heavy atom. The first-order chi connectivity index (χ1) is 11.5. The number of nitrogens with zero attached hydrogens (tertiary/aromatic N) is 1. The summed E-state index contributed by atoms with van der Waals surface area (Å²) in [6.07, 6.45) is 0. The van der Waals surface area contributed by atoms with E-state index in [0.29, 0.717) is 32.9 Å². The molecule has 3 rings (SSSR count). The van der Waals surface area contributed by atoms with E-state index in [1.807, 2.05) is 6.92 Å². The van der Waals surface area contributed by atoms with Gasteiger partial charge in [-0.05, 0) is 26.0 Å². The van der Waals surface area contributed by atoms with Gasteiger partial charge in [-0.2, -0.15) is 0 Å². The number of hydrogen-bond acceptors (Lipinski definition) is 7. The number of thiazole rings is 1. The van der Waals surface area contributed by atoms with E-state index in [-0.39, 0.29) is 6.61 Å². The van der Waals surface area contributed by atoms with Gasteiger partial charge in [0.05, 0.1) is 17.8 Å². The molecule has 1 aromatic carbocycles. The molecule has 0 aliphatic heterocycles. The Labute approximate surface area is 141 Å². The van der Waals surface area contributed by atoms with Gasteiger partial charge in [0.2, 0.25) is 0 Å². The first kappa shape index (κ1) is 16.2. The van der Waals surface area contributed by atoms with E-state index < -0.39 is 11.6 Å². The number of carbonyl (C=O) groups excluding carboxylic acids is 1. The van der Waals surface area contributed by atoms with E-state index in [2.05, 4.69) is 4.98 Å². The van der Waals surface area contributed by atoms with Gasteiger partial charge >= 0.3 is 11.6 Å². The lowest BCUT2D eigenvalue weighted by Crippen LogP contribution is -2.07. The fraction of sp³-hybridized carbons (Fsp3) is 0.235. The molecule has 0 radical (unpaired) electrons. The van der Waals surface area contributed by atoms with E-state index in [1.54, 1.807) is 25.1 Å². The van der Waals surface area contributed by atoms with Gasteiger partial charge in [0.1, 0.15) is 22.8 Å². The van der Waals surface area contributed by atoms with Crippen LogP contribution >= 0.6 is 11.3 Å². The molecule has 0 fully saturated rings. The molecule has 0 saturated heterocycles. The zero-order valence-electron chi connectivity index (χ0n) is 13.4. The van der Waals surface area contributed by atoms with Crippen molar-refractivity contribution in [3.05, 3.63) is 55.8 Å². The largest absolute Gasteiger partial charge is 0.497 e. The molecule has 0 saturated carbocycles. The van der Waals surface area contributed by atoms with Crippen LogP contribution in [0.3, 0.4) is 0 Å². The average Bonchev–Trinajstić information content (AvgIpc) is 2.90. The molecular formula is C17H15NO5S. The molecule has 0 N–H and O–H groups in total. The molecule has 7 heteroatoms. The summed E-state index contributed by atoms with van der Waals surface area (Å²) < 4.78 is 15.6. The number of hydrogen-bond donors (Lipinski definition) is 0. The highest BCUT2D eigenvalue weighted by atomic mass is 32.1. The van der Waals surface area contributed by atoms with Crippen LogP contribution < -0.4 is 10.4 Å². The fourth-order valence-corrected chi connectivity index (χ4v) is 3.20. The molecule has 3 aromatic rings. The van der Waals surface area contributed by atoms with Crippen LogP contribution in [0.2, 0.25) is 0 Å².